The monoisotopic (exact) mass is 430 g/mol. The van der Waals surface area contributed by atoms with Crippen LogP contribution in [0.25, 0.3) is 0 Å². The van der Waals surface area contributed by atoms with E-state index in [-0.39, 0.29) is 25.2 Å². The third kappa shape index (κ3) is 11.6. The predicted octanol–water partition coefficient (Wildman–Crippen LogP) is -3.33. The van der Waals surface area contributed by atoms with E-state index in [1.165, 1.54) is 0 Å². The summed E-state index contributed by atoms with van der Waals surface area (Å²) in [4.78, 5) is 69.6. The lowest BCUT2D eigenvalue weighted by Crippen LogP contribution is -2.56. The first-order chi connectivity index (χ1) is 13.8. The zero-order chi connectivity index (χ0) is 23.4. The zero-order valence-electron chi connectivity index (χ0n) is 17.0. The van der Waals surface area contributed by atoms with Crippen molar-refractivity contribution in [2.45, 2.75) is 57.7 Å². The van der Waals surface area contributed by atoms with Crippen LogP contribution in [0.15, 0.2) is 0 Å². The molecule has 13 nitrogen and oxygen atoms in total. The Bertz CT molecular complexity index is 667. The van der Waals surface area contributed by atoms with Crippen molar-refractivity contribution in [2.24, 2.45) is 23.1 Å². The number of carboxylic acids is 1. The Morgan fingerprint density at radius 1 is 0.867 bits per heavy atom. The van der Waals surface area contributed by atoms with E-state index < -0.39 is 66.6 Å². The molecular weight excluding hydrogens is 400 g/mol. The molecule has 0 bridgehead atoms. The molecule has 0 unspecified atom stereocenters. The average molecular weight is 430 g/mol. The van der Waals surface area contributed by atoms with Crippen molar-refractivity contribution < 1.29 is 33.9 Å². The number of amides is 5. The number of hydrogen-bond acceptors (Lipinski definition) is 7. The van der Waals surface area contributed by atoms with E-state index in [1.807, 2.05) is 0 Å². The molecule has 0 saturated heterocycles. The summed E-state index contributed by atoms with van der Waals surface area (Å²) < 4.78 is 0. The van der Waals surface area contributed by atoms with Crippen LogP contribution in [0.1, 0.15) is 39.5 Å². The van der Waals surface area contributed by atoms with Crippen molar-refractivity contribution in [3.63, 3.8) is 0 Å². The molecule has 10 N–H and O–H groups in total. The molecule has 0 aromatic carbocycles. The fourth-order valence-electron chi connectivity index (χ4n) is 2.40. The molecule has 5 amide bonds. The molecule has 0 aliphatic heterocycles. The Morgan fingerprint density at radius 2 is 1.43 bits per heavy atom. The third-order valence-corrected chi connectivity index (χ3v) is 3.82. The number of primary amides is 2. The highest BCUT2D eigenvalue weighted by atomic mass is 16.4. The summed E-state index contributed by atoms with van der Waals surface area (Å²) in [5.74, 6) is -5.20. The largest absolute Gasteiger partial charge is 0.480 e. The van der Waals surface area contributed by atoms with Gasteiger partial charge >= 0.3 is 5.97 Å². The molecular formula is C17H30N6O7. The number of carbonyl (C=O) groups excluding carboxylic acids is 5. The van der Waals surface area contributed by atoms with Crippen molar-refractivity contribution >= 4 is 35.5 Å². The van der Waals surface area contributed by atoms with E-state index in [9.17, 15) is 28.8 Å². The summed E-state index contributed by atoms with van der Waals surface area (Å²) in [5.41, 5.74) is 15.7. The lowest BCUT2D eigenvalue weighted by Gasteiger charge is -2.24. The van der Waals surface area contributed by atoms with E-state index in [4.69, 9.17) is 22.3 Å². The first-order valence-electron chi connectivity index (χ1n) is 9.25. The summed E-state index contributed by atoms with van der Waals surface area (Å²) in [7, 11) is 0. The third-order valence-electron chi connectivity index (χ3n) is 3.82. The van der Waals surface area contributed by atoms with E-state index in [1.54, 1.807) is 13.8 Å². The molecule has 3 atom stereocenters. The zero-order valence-corrected chi connectivity index (χ0v) is 17.0. The molecule has 0 aromatic heterocycles. The number of nitrogens with two attached hydrogens (primary N) is 3. The summed E-state index contributed by atoms with van der Waals surface area (Å²) in [6.07, 6.45) is -0.646. The molecule has 0 fully saturated rings. The van der Waals surface area contributed by atoms with Crippen molar-refractivity contribution in [3.05, 3.63) is 0 Å². The van der Waals surface area contributed by atoms with Gasteiger partial charge in [0.05, 0.1) is 12.5 Å². The van der Waals surface area contributed by atoms with Crippen LogP contribution in [0.3, 0.4) is 0 Å². The van der Waals surface area contributed by atoms with Crippen LogP contribution in [0.2, 0.25) is 0 Å². The van der Waals surface area contributed by atoms with Gasteiger partial charge in [0.25, 0.3) is 0 Å². The summed E-state index contributed by atoms with van der Waals surface area (Å²) in [6.45, 7) is 2.90. The average Bonchev–Trinajstić information content (AvgIpc) is 2.60. The van der Waals surface area contributed by atoms with Crippen LogP contribution in [-0.2, 0) is 28.8 Å². The van der Waals surface area contributed by atoms with Crippen molar-refractivity contribution in [1.82, 2.24) is 16.0 Å². The Hall–Kier alpha value is -3.22. The molecule has 13 heteroatoms. The number of carbonyl (C=O) groups is 6. The van der Waals surface area contributed by atoms with Crippen LogP contribution in [0, 0.1) is 5.92 Å². The van der Waals surface area contributed by atoms with Gasteiger partial charge in [0.1, 0.15) is 18.6 Å². The molecule has 0 saturated carbocycles. The van der Waals surface area contributed by atoms with E-state index in [2.05, 4.69) is 16.0 Å². The molecule has 0 aromatic rings. The smallest absolute Gasteiger partial charge is 0.322 e. The maximum Gasteiger partial charge on any atom is 0.322 e. The fourth-order valence-corrected chi connectivity index (χ4v) is 2.40. The van der Waals surface area contributed by atoms with Gasteiger partial charge in [0.15, 0.2) is 0 Å². The van der Waals surface area contributed by atoms with E-state index in [0.717, 1.165) is 0 Å². The highest BCUT2D eigenvalue weighted by Gasteiger charge is 2.29. The number of hydrogen-bond donors (Lipinski definition) is 7. The second-order valence-electron chi connectivity index (χ2n) is 7.15. The molecule has 0 rings (SSSR count). The Kier molecular flexibility index (Phi) is 11.7. The number of nitrogens with one attached hydrogen (secondary N) is 3. The van der Waals surface area contributed by atoms with Crippen LogP contribution in [0.4, 0.5) is 0 Å². The first-order valence-corrected chi connectivity index (χ1v) is 9.25. The molecule has 0 aliphatic rings. The van der Waals surface area contributed by atoms with Gasteiger partial charge < -0.3 is 38.3 Å². The minimum absolute atomic E-state index is 0.0432. The van der Waals surface area contributed by atoms with Gasteiger partial charge in [-0.3, -0.25) is 28.8 Å². The highest BCUT2D eigenvalue weighted by molar-refractivity contribution is 5.94. The van der Waals surface area contributed by atoms with Crippen molar-refractivity contribution in [2.75, 3.05) is 6.54 Å². The summed E-state index contributed by atoms with van der Waals surface area (Å²) >= 11 is 0. The van der Waals surface area contributed by atoms with Crippen LogP contribution in [0.5, 0.6) is 0 Å². The van der Waals surface area contributed by atoms with Crippen molar-refractivity contribution in [3.8, 4) is 0 Å². The quantitative estimate of drug-likeness (QED) is 0.147. The van der Waals surface area contributed by atoms with Gasteiger partial charge in [-0.15, -0.1) is 0 Å². The van der Waals surface area contributed by atoms with Gasteiger partial charge in [-0.1, -0.05) is 13.8 Å². The number of carboxylic acid groups (broad SMARTS) is 1. The second-order valence-corrected chi connectivity index (χ2v) is 7.15. The van der Waals surface area contributed by atoms with Crippen LogP contribution in [-0.4, -0.2) is 65.3 Å². The van der Waals surface area contributed by atoms with Gasteiger partial charge in [-0.25, -0.2) is 0 Å². The topological polar surface area (TPSA) is 237 Å². The van der Waals surface area contributed by atoms with Gasteiger partial charge in [0, 0.05) is 6.42 Å². The lowest BCUT2D eigenvalue weighted by molar-refractivity contribution is -0.138. The Morgan fingerprint density at radius 3 is 1.90 bits per heavy atom. The van der Waals surface area contributed by atoms with Crippen molar-refractivity contribution in [1.29, 1.82) is 0 Å². The maximum atomic E-state index is 12.7. The minimum atomic E-state index is -1.29. The van der Waals surface area contributed by atoms with Crippen LogP contribution < -0.4 is 33.2 Å². The molecule has 0 heterocycles. The fraction of sp³-hybridized carbons (Fsp3) is 0.647. The Labute approximate surface area is 173 Å². The van der Waals surface area contributed by atoms with E-state index in [0.29, 0.717) is 0 Å². The molecule has 0 aliphatic carbocycles. The summed E-state index contributed by atoms with van der Waals surface area (Å²) in [6, 6.07) is -3.61. The Balaban J connectivity index is 5.30. The molecule has 170 valence electrons. The predicted molar refractivity (Wildman–Crippen MR) is 104 cm³/mol. The highest BCUT2D eigenvalue weighted by Crippen LogP contribution is 2.07. The lowest BCUT2D eigenvalue weighted by atomic mass is 10.0. The van der Waals surface area contributed by atoms with Gasteiger partial charge in [-0.2, -0.15) is 0 Å². The standard InChI is InChI=1S/C17H30N6O7/c1-8(2)5-11(23-15(28)9(18)6-13(20)25)17(30)22-10(3-4-12(19)24)16(29)21-7-14(26)27/h8-11H,3-7,18H2,1-2H3,(H2,19,24)(H2,20,25)(H,21,29)(H,22,30)(H,23,28)(H,26,27)/t9-,10-,11-/m0/s1. The van der Waals surface area contributed by atoms with Crippen LogP contribution >= 0.6 is 0 Å². The first kappa shape index (κ1) is 26.8. The SMILES string of the molecule is CC(C)C[C@H](NC(=O)[C@@H](N)CC(N)=O)C(=O)N[C@@H](CCC(N)=O)C(=O)NCC(=O)O. The number of aliphatic carboxylic acids is 1. The normalized spacial score (nSPS) is 13.6. The van der Waals surface area contributed by atoms with Gasteiger partial charge in [-0.05, 0) is 18.8 Å². The molecule has 0 radical (unpaired) electrons. The molecule has 0 spiro atoms. The minimum Gasteiger partial charge on any atom is -0.480 e. The van der Waals surface area contributed by atoms with E-state index >= 15 is 0 Å². The maximum absolute atomic E-state index is 12.7. The van der Waals surface area contributed by atoms with Gasteiger partial charge in [0.2, 0.25) is 29.5 Å². The number of rotatable bonds is 14. The molecule has 30 heavy (non-hydrogen) atoms. The summed E-state index contributed by atoms with van der Waals surface area (Å²) in [5, 5.41) is 15.6. The second kappa shape index (κ2) is 13.1.